The van der Waals surface area contributed by atoms with Crippen LogP contribution in [0.3, 0.4) is 0 Å². The van der Waals surface area contributed by atoms with Crippen LogP contribution in [0.1, 0.15) is 38.3 Å². The van der Waals surface area contributed by atoms with Crippen molar-refractivity contribution in [1.29, 1.82) is 0 Å². The number of alkyl carbamates (subject to hydrolysis) is 1. The molecule has 1 amide bonds. The molecule has 28 heavy (non-hydrogen) atoms. The molecule has 0 bridgehead atoms. The van der Waals surface area contributed by atoms with Crippen LogP contribution in [0, 0.1) is 11.8 Å². The summed E-state index contributed by atoms with van der Waals surface area (Å²) in [5, 5.41) is 2.56. The number of esters is 1. The number of amides is 1. The fourth-order valence-electron chi connectivity index (χ4n) is 2.25. The fraction of sp³-hybridized carbons (Fsp3) is 0.304. The van der Waals surface area contributed by atoms with Gasteiger partial charge >= 0.3 is 12.1 Å². The Hall–Kier alpha value is -3.26. The second-order valence-corrected chi connectivity index (χ2v) is 7.16. The Balaban J connectivity index is 2.02. The maximum atomic E-state index is 12.5. The average molecular weight is 379 g/mol. The number of ether oxygens (including phenoxy) is 2. The normalized spacial score (nSPS) is 11.5. The summed E-state index contributed by atoms with van der Waals surface area (Å²) in [6, 6.07) is 17.8. The summed E-state index contributed by atoms with van der Waals surface area (Å²) in [6.07, 6.45) is -0.572. The van der Waals surface area contributed by atoms with Gasteiger partial charge in [-0.2, -0.15) is 0 Å². The number of rotatable bonds is 5. The number of hydrogen-bond donors (Lipinski definition) is 1. The van der Waals surface area contributed by atoms with E-state index in [-0.39, 0.29) is 13.0 Å². The van der Waals surface area contributed by atoms with Crippen molar-refractivity contribution >= 4 is 12.1 Å². The van der Waals surface area contributed by atoms with E-state index in [1.54, 1.807) is 20.8 Å². The molecule has 146 valence electrons. The second-order valence-electron chi connectivity index (χ2n) is 7.16. The van der Waals surface area contributed by atoms with E-state index in [9.17, 15) is 9.59 Å². The predicted octanol–water partition coefficient (Wildman–Crippen LogP) is 4.06. The summed E-state index contributed by atoms with van der Waals surface area (Å²) < 4.78 is 10.6. The van der Waals surface area contributed by atoms with Gasteiger partial charge in [0.05, 0.1) is 0 Å². The van der Waals surface area contributed by atoms with Gasteiger partial charge in [0.25, 0.3) is 0 Å². The van der Waals surface area contributed by atoms with Gasteiger partial charge in [-0.05, 0) is 38.5 Å². The lowest BCUT2D eigenvalue weighted by Gasteiger charge is -2.22. The molecule has 2 aromatic carbocycles. The van der Waals surface area contributed by atoms with Gasteiger partial charge in [0.15, 0.2) is 0 Å². The van der Waals surface area contributed by atoms with Crippen LogP contribution in [-0.2, 0) is 20.9 Å². The number of benzene rings is 2. The molecule has 0 heterocycles. The molecule has 0 saturated heterocycles. The fourth-order valence-corrected chi connectivity index (χ4v) is 2.25. The van der Waals surface area contributed by atoms with Crippen LogP contribution in [0.25, 0.3) is 0 Å². The highest BCUT2D eigenvalue weighted by Gasteiger charge is 2.25. The van der Waals surface area contributed by atoms with Crippen molar-refractivity contribution in [3.8, 4) is 11.8 Å². The van der Waals surface area contributed by atoms with Gasteiger partial charge in [-0.1, -0.05) is 60.4 Å². The molecule has 0 aromatic heterocycles. The molecular weight excluding hydrogens is 354 g/mol. The van der Waals surface area contributed by atoms with Gasteiger partial charge in [-0.15, -0.1) is 0 Å². The van der Waals surface area contributed by atoms with Gasteiger partial charge in [0, 0.05) is 12.0 Å². The quantitative estimate of drug-likeness (QED) is 0.628. The third kappa shape index (κ3) is 7.96. The SMILES string of the molecule is CC(C)(C)OC(=O)N[C@@H](CC#Cc1ccccc1)C(=O)OCc1ccccc1. The first-order valence-corrected chi connectivity index (χ1v) is 9.07. The molecule has 0 unspecified atom stereocenters. The average Bonchev–Trinajstić information content (AvgIpc) is 2.65. The Kier molecular flexibility index (Phi) is 7.65. The third-order valence-corrected chi connectivity index (χ3v) is 3.51. The zero-order valence-electron chi connectivity index (χ0n) is 16.4. The van der Waals surface area contributed by atoms with Crippen LogP contribution < -0.4 is 5.32 Å². The molecule has 1 atom stereocenters. The molecule has 5 nitrogen and oxygen atoms in total. The zero-order valence-corrected chi connectivity index (χ0v) is 16.4. The summed E-state index contributed by atoms with van der Waals surface area (Å²) in [5.41, 5.74) is 1.02. The smallest absolute Gasteiger partial charge is 0.408 e. The number of carbonyl (C=O) groups is 2. The van der Waals surface area contributed by atoms with Crippen LogP contribution in [0.2, 0.25) is 0 Å². The van der Waals surface area contributed by atoms with E-state index in [1.165, 1.54) is 0 Å². The van der Waals surface area contributed by atoms with E-state index in [2.05, 4.69) is 17.2 Å². The predicted molar refractivity (Wildman–Crippen MR) is 107 cm³/mol. The number of nitrogens with one attached hydrogen (secondary N) is 1. The molecular formula is C23H25NO4. The number of carbonyl (C=O) groups excluding carboxylic acids is 2. The lowest BCUT2D eigenvalue weighted by molar-refractivity contribution is -0.147. The molecule has 2 rings (SSSR count). The highest BCUT2D eigenvalue weighted by Crippen LogP contribution is 2.08. The topological polar surface area (TPSA) is 64.6 Å². The lowest BCUT2D eigenvalue weighted by atomic mass is 10.1. The first kappa shape index (κ1) is 21.0. The molecule has 0 fully saturated rings. The van der Waals surface area contributed by atoms with Crippen LogP contribution in [0.4, 0.5) is 4.79 Å². The largest absolute Gasteiger partial charge is 0.459 e. The minimum atomic E-state index is -0.922. The van der Waals surface area contributed by atoms with Crippen molar-refractivity contribution in [3.05, 3.63) is 71.8 Å². The van der Waals surface area contributed by atoms with Crippen LogP contribution >= 0.6 is 0 Å². The molecule has 0 radical (unpaired) electrons. The van der Waals surface area contributed by atoms with E-state index < -0.39 is 23.7 Å². The van der Waals surface area contributed by atoms with Crippen LogP contribution in [0.5, 0.6) is 0 Å². The van der Waals surface area contributed by atoms with Gasteiger partial charge < -0.3 is 14.8 Å². The van der Waals surface area contributed by atoms with E-state index in [0.29, 0.717) is 0 Å². The van der Waals surface area contributed by atoms with Crippen molar-refractivity contribution in [2.75, 3.05) is 0 Å². The molecule has 0 aliphatic rings. The third-order valence-electron chi connectivity index (χ3n) is 3.51. The summed E-state index contributed by atoms with van der Waals surface area (Å²) in [5.74, 6) is 5.35. The van der Waals surface area contributed by atoms with Crippen LogP contribution in [0.15, 0.2) is 60.7 Å². The standard InChI is InChI=1S/C23H25NO4/c1-23(2,3)28-22(26)24-20(16-10-15-18-11-6-4-7-12-18)21(25)27-17-19-13-8-5-9-14-19/h4-9,11-14,20H,16-17H2,1-3H3,(H,24,26)/t20-/m0/s1. The Morgan fingerprint density at radius 2 is 1.61 bits per heavy atom. The van der Waals surface area contributed by atoms with Crippen molar-refractivity contribution in [2.45, 2.75) is 45.4 Å². The Labute approximate surface area is 166 Å². The summed E-state index contributed by atoms with van der Waals surface area (Å²) in [6.45, 7) is 5.39. The highest BCUT2D eigenvalue weighted by atomic mass is 16.6. The van der Waals surface area contributed by atoms with E-state index >= 15 is 0 Å². The van der Waals surface area contributed by atoms with Gasteiger partial charge in [0.2, 0.25) is 0 Å². The van der Waals surface area contributed by atoms with E-state index in [4.69, 9.17) is 9.47 Å². The lowest BCUT2D eigenvalue weighted by Crippen LogP contribution is -2.44. The monoisotopic (exact) mass is 379 g/mol. The summed E-state index contributed by atoms with van der Waals surface area (Å²) >= 11 is 0. The van der Waals surface area contributed by atoms with Crippen molar-refractivity contribution in [1.82, 2.24) is 5.32 Å². The van der Waals surface area contributed by atoms with E-state index in [0.717, 1.165) is 11.1 Å². The Morgan fingerprint density at radius 1 is 1.00 bits per heavy atom. The van der Waals surface area contributed by atoms with Crippen molar-refractivity contribution < 1.29 is 19.1 Å². The van der Waals surface area contributed by atoms with Gasteiger partial charge in [0.1, 0.15) is 18.2 Å². The van der Waals surface area contributed by atoms with Crippen molar-refractivity contribution in [2.24, 2.45) is 0 Å². The minimum absolute atomic E-state index is 0.113. The molecule has 0 aliphatic carbocycles. The van der Waals surface area contributed by atoms with E-state index in [1.807, 2.05) is 60.7 Å². The van der Waals surface area contributed by atoms with Crippen molar-refractivity contribution in [3.63, 3.8) is 0 Å². The maximum Gasteiger partial charge on any atom is 0.408 e. The second kappa shape index (κ2) is 10.2. The molecule has 1 N–H and O–H groups in total. The highest BCUT2D eigenvalue weighted by molar-refractivity contribution is 5.81. The van der Waals surface area contributed by atoms with Gasteiger partial charge in [-0.25, -0.2) is 9.59 Å². The molecule has 0 spiro atoms. The summed E-state index contributed by atoms with van der Waals surface area (Å²) in [7, 11) is 0. The summed E-state index contributed by atoms with van der Waals surface area (Å²) in [4.78, 5) is 24.6. The minimum Gasteiger partial charge on any atom is -0.459 e. The van der Waals surface area contributed by atoms with Gasteiger partial charge in [-0.3, -0.25) is 0 Å². The Bertz CT molecular complexity index is 830. The van der Waals surface area contributed by atoms with Crippen LogP contribution in [-0.4, -0.2) is 23.7 Å². The first-order valence-electron chi connectivity index (χ1n) is 9.07. The molecule has 2 aromatic rings. The number of hydrogen-bond acceptors (Lipinski definition) is 4. The molecule has 0 aliphatic heterocycles. The molecule has 5 heteroatoms. The Morgan fingerprint density at radius 3 is 2.21 bits per heavy atom. The molecule has 0 saturated carbocycles. The maximum absolute atomic E-state index is 12.5. The zero-order chi connectivity index (χ0) is 20.4. The first-order chi connectivity index (χ1) is 13.3.